The number of hydrogen-bond donors (Lipinski definition) is 1. The van der Waals surface area contributed by atoms with Gasteiger partial charge in [0.25, 0.3) is 0 Å². The van der Waals surface area contributed by atoms with Crippen LogP contribution in [0.5, 0.6) is 0 Å². The van der Waals surface area contributed by atoms with Gasteiger partial charge in [-0.2, -0.15) is 0 Å². The van der Waals surface area contributed by atoms with Crippen LogP contribution < -0.4 is 6.15 Å². The van der Waals surface area contributed by atoms with E-state index < -0.39 is 0 Å². The second kappa shape index (κ2) is 20.4. The van der Waals surface area contributed by atoms with Crippen molar-refractivity contribution >= 4 is 11.6 Å². The zero-order valence-corrected chi connectivity index (χ0v) is 21.2. The van der Waals surface area contributed by atoms with Crippen molar-refractivity contribution in [2.24, 2.45) is 0 Å². The molecule has 1 unspecified atom stereocenters. The highest BCUT2D eigenvalue weighted by atomic mass is 35.5. The van der Waals surface area contributed by atoms with Crippen molar-refractivity contribution in [1.82, 2.24) is 6.15 Å². The van der Waals surface area contributed by atoms with E-state index >= 15 is 0 Å². The van der Waals surface area contributed by atoms with E-state index in [1.807, 2.05) is 0 Å². The molecule has 0 heterocycles. The van der Waals surface area contributed by atoms with Crippen LogP contribution >= 0.6 is 11.6 Å². The quantitative estimate of drug-likeness (QED) is 0.160. The van der Waals surface area contributed by atoms with Crippen LogP contribution in [0.15, 0.2) is 30.3 Å². The average molecular weight is 438 g/mol. The van der Waals surface area contributed by atoms with E-state index in [2.05, 4.69) is 44.2 Å². The number of benzene rings is 1. The number of halogens is 1. The molecule has 0 bridgehead atoms. The lowest BCUT2D eigenvalue weighted by Crippen LogP contribution is -2.21. The van der Waals surface area contributed by atoms with Crippen LogP contribution in [0.4, 0.5) is 0 Å². The van der Waals surface area contributed by atoms with Gasteiger partial charge in [0.1, 0.15) is 0 Å². The van der Waals surface area contributed by atoms with Gasteiger partial charge in [-0.25, -0.2) is 0 Å². The van der Waals surface area contributed by atoms with E-state index in [0.29, 0.717) is 0 Å². The Balaban J connectivity index is 0.00000841. The molecular formula is C28H52ClN. The minimum Gasteiger partial charge on any atom is -0.344 e. The maximum atomic E-state index is 6.93. The van der Waals surface area contributed by atoms with E-state index in [1.165, 1.54) is 108 Å². The third-order valence-electron chi connectivity index (χ3n) is 6.57. The first kappa shape index (κ1) is 29.5. The molecular weight excluding hydrogens is 386 g/mol. The average Bonchev–Trinajstić information content (AvgIpc) is 2.76. The smallest absolute Gasteiger partial charge is 0.0447 e. The maximum absolute atomic E-state index is 6.93. The Bertz CT molecular complexity index is 461. The highest BCUT2D eigenvalue weighted by molar-refractivity contribution is 6.23. The monoisotopic (exact) mass is 437 g/mol. The third kappa shape index (κ3) is 16.2. The highest BCUT2D eigenvalue weighted by Crippen LogP contribution is 2.32. The largest absolute Gasteiger partial charge is 0.344 e. The minimum atomic E-state index is 0. The number of rotatable bonds is 20. The van der Waals surface area contributed by atoms with Crippen LogP contribution in [-0.2, 0) is 6.42 Å². The minimum absolute atomic E-state index is 0. The van der Waals surface area contributed by atoms with E-state index in [-0.39, 0.29) is 11.0 Å². The van der Waals surface area contributed by atoms with Crippen LogP contribution in [0.3, 0.4) is 0 Å². The van der Waals surface area contributed by atoms with Gasteiger partial charge in [-0.05, 0) is 31.2 Å². The summed E-state index contributed by atoms with van der Waals surface area (Å²) in [7, 11) is 0. The van der Waals surface area contributed by atoms with Gasteiger partial charge >= 0.3 is 0 Å². The van der Waals surface area contributed by atoms with Gasteiger partial charge in [0, 0.05) is 4.87 Å². The second-order valence-corrected chi connectivity index (χ2v) is 9.99. The van der Waals surface area contributed by atoms with Crippen LogP contribution in [0, 0.1) is 0 Å². The highest BCUT2D eigenvalue weighted by Gasteiger charge is 2.23. The molecule has 0 saturated heterocycles. The Morgan fingerprint density at radius 3 is 1.47 bits per heavy atom. The Morgan fingerprint density at radius 1 is 0.600 bits per heavy atom. The molecule has 1 nitrogen and oxygen atoms in total. The third-order valence-corrected chi connectivity index (χ3v) is 7.21. The van der Waals surface area contributed by atoms with Crippen molar-refractivity contribution in [3.63, 3.8) is 0 Å². The van der Waals surface area contributed by atoms with Gasteiger partial charge in [0.2, 0.25) is 0 Å². The van der Waals surface area contributed by atoms with Gasteiger partial charge in [-0.1, -0.05) is 140 Å². The molecule has 1 aromatic carbocycles. The Hall–Kier alpha value is -0.530. The van der Waals surface area contributed by atoms with E-state index in [0.717, 1.165) is 19.3 Å². The predicted octanol–water partition coefficient (Wildman–Crippen LogP) is 10.4. The lowest BCUT2D eigenvalue weighted by Gasteiger charge is -2.25. The van der Waals surface area contributed by atoms with E-state index in [9.17, 15) is 0 Å². The van der Waals surface area contributed by atoms with Crippen molar-refractivity contribution in [2.75, 3.05) is 0 Å². The van der Waals surface area contributed by atoms with Gasteiger partial charge in [0.05, 0.1) is 0 Å². The summed E-state index contributed by atoms with van der Waals surface area (Å²) in [5.41, 5.74) is 1.42. The number of hydrogen-bond acceptors (Lipinski definition) is 1. The molecule has 1 aromatic rings. The zero-order valence-electron chi connectivity index (χ0n) is 20.4. The fourth-order valence-corrected chi connectivity index (χ4v) is 4.53. The molecule has 1 atom stereocenters. The number of aryl methyl sites for hydroxylation is 1. The first-order chi connectivity index (χ1) is 14.2. The van der Waals surface area contributed by atoms with Gasteiger partial charge in [-0.15, -0.1) is 11.6 Å². The van der Waals surface area contributed by atoms with E-state index in [1.54, 1.807) is 0 Å². The topological polar surface area (TPSA) is 35.0 Å². The summed E-state index contributed by atoms with van der Waals surface area (Å²) >= 11 is 6.93. The fraction of sp³-hybridized carbons (Fsp3) is 0.786. The standard InChI is InChI=1S/C28H49Cl.H3N/c1-3-5-6-7-8-9-10-11-12-13-14-15-16-17-21-25-28(29,4-2)26-24-27-22-19-18-20-23-27;/h18-20,22-23H,3-17,21,24-26H2,1-2H3;1H3. The Morgan fingerprint density at radius 2 is 1.03 bits per heavy atom. The molecule has 2 heteroatoms. The van der Waals surface area contributed by atoms with Crippen molar-refractivity contribution in [3.8, 4) is 0 Å². The first-order valence-corrected chi connectivity index (χ1v) is 13.3. The van der Waals surface area contributed by atoms with Crippen molar-refractivity contribution < 1.29 is 0 Å². The SMILES string of the molecule is CCCCCCCCCCCCCCCCCC(Cl)(CC)CCc1ccccc1.N. The molecule has 0 aliphatic rings. The summed E-state index contributed by atoms with van der Waals surface area (Å²) in [5.74, 6) is 0. The summed E-state index contributed by atoms with van der Waals surface area (Å²) in [6, 6.07) is 10.8. The molecule has 0 aliphatic carbocycles. The summed E-state index contributed by atoms with van der Waals surface area (Å²) in [5, 5.41) is 0. The number of unbranched alkanes of at least 4 members (excludes halogenated alkanes) is 14. The normalized spacial score (nSPS) is 13.0. The lowest BCUT2D eigenvalue weighted by atomic mass is 9.90. The molecule has 0 aliphatic heterocycles. The molecule has 3 N–H and O–H groups in total. The molecule has 1 rings (SSSR count). The van der Waals surface area contributed by atoms with Crippen LogP contribution in [-0.4, -0.2) is 4.87 Å². The molecule has 0 fully saturated rings. The van der Waals surface area contributed by atoms with Gasteiger partial charge in [-0.3, -0.25) is 0 Å². The van der Waals surface area contributed by atoms with Crippen molar-refractivity contribution in [2.45, 2.75) is 141 Å². The molecule has 0 amide bonds. The second-order valence-electron chi connectivity index (χ2n) is 9.19. The molecule has 0 spiro atoms. The molecule has 0 saturated carbocycles. The van der Waals surface area contributed by atoms with Crippen LogP contribution in [0.1, 0.15) is 135 Å². The van der Waals surface area contributed by atoms with Crippen LogP contribution in [0.25, 0.3) is 0 Å². The molecule has 30 heavy (non-hydrogen) atoms. The fourth-order valence-electron chi connectivity index (χ4n) is 4.30. The molecule has 176 valence electrons. The summed E-state index contributed by atoms with van der Waals surface area (Å²) in [4.78, 5) is 0.00633. The summed E-state index contributed by atoms with van der Waals surface area (Å²) in [6.45, 7) is 4.55. The zero-order chi connectivity index (χ0) is 21.0. The number of alkyl halides is 1. The van der Waals surface area contributed by atoms with Crippen molar-refractivity contribution in [3.05, 3.63) is 35.9 Å². The van der Waals surface area contributed by atoms with E-state index in [4.69, 9.17) is 11.6 Å². The summed E-state index contributed by atoms with van der Waals surface area (Å²) in [6.07, 6.45) is 25.8. The van der Waals surface area contributed by atoms with Crippen LogP contribution in [0.2, 0.25) is 0 Å². The molecule has 0 radical (unpaired) electrons. The Labute approximate surface area is 194 Å². The van der Waals surface area contributed by atoms with Crippen molar-refractivity contribution in [1.29, 1.82) is 0 Å². The lowest BCUT2D eigenvalue weighted by molar-refractivity contribution is 0.444. The Kier molecular flexibility index (Phi) is 20.0. The maximum Gasteiger partial charge on any atom is 0.0447 e. The van der Waals surface area contributed by atoms with Gasteiger partial charge < -0.3 is 6.15 Å². The first-order valence-electron chi connectivity index (χ1n) is 12.9. The van der Waals surface area contributed by atoms with Gasteiger partial charge in [0.15, 0.2) is 0 Å². The predicted molar refractivity (Wildman–Crippen MR) is 138 cm³/mol. The summed E-state index contributed by atoms with van der Waals surface area (Å²) < 4.78 is 0. The molecule has 0 aromatic heterocycles.